The zero-order valence-electron chi connectivity index (χ0n) is 9.06. The molecule has 1 heterocycles. The van der Waals surface area contributed by atoms with Crippen LogP contribution in [0.3, 0.4) is 0 Å². The van der Waals surface area contributed by atoms with E-state index in [2.05, 4.69) is 0 Å². The second kappa shape index (κ2) is 5.30. The number of rotatable bonds is 4. The van der Waals surface area contributed by atoms with Gasteiger partial charge in [0.1, 0.15) is 5.76 Å². The fourth-order valence-electron chi connectivity index (χ4n) is 1.38. The molecule has 0 aliphatic rings. The number of hydrogen-bond acceptors (Lipinski definition) is 3. The standard InChI is InChI=1S/C13H11FO3/c14-11-5-1-2-6-12(11)17-13(15)8-7-10-4-3-9-16-10/h1-6,9H,7-8H2. The van der Waals surface area contributed by atoms with Gasteiger partial charge in [0, 0.05) is 6.42 Å². The molecule has 0 aliphatic carbocycles. The number of para-hydroxylation sites is 1. The van der Waals surface area contributed by atoms with Crippen molar-refractivity contribution in [2.45, 2.75) is 12.8 Å². The smallest absolute Gasteiger partial charge is 0.311 e. The number of carbonyl (C=O) groups is 1. The summed E-state index contributed by atoms with van der Waals surface area (Å²) in [5, 5.41) is 0. The summed E-state index contributed by atoms with van der Waals surface area (Å²) in [6, 6.07) is 9.33. The zero-order chi connectivity index (χ0) is 12.1. The van der Waals surface area contributed by atoms with Crippen LogP contribution in [0.1, 0.15) is 12.2 Å². The van der Waals surface area contributed by atoms with Gasteiger partial charge < -0.3 is 9.15 Å². The van der Waals surface area contributed by atoms with Crippen LogP contribution < -0.4 is 4.74 Å². The molecule has 88 valence electrons. The zero-order valence-corrected chi connectivity index (χ0v) is 9.06. The molecule has 0 unspecified atom stereocenters. The van der Waals surface area contributed by atoms with Crippen LogP contribution in [0, 0.1) is 5.82 Å². The van der Waals surface area contributed by atoms with Crippen LogP contribution in [-0.4, -0.2) is 5.97 Å². The molecule has 2 rings (SSSR count). The maximum absolute atomic E-state index is 13.2. The second-order valence-corrected chi connectivity index (χ2v) is 3.48. The summed E-state index contributed by atoms with van der Waals surface area (Å²) in [4.78, 5) is 11.4. The lowest BCUT2D eigenvalue weighted by molar-refractivity contribution is -0.134. The van der Waals surface area contributed by atoms with Gasteiger partial charge in [0.05, 0.1) is 12.7 Å². The number of halogens is 1. The summed E-state index contributed by atoms with van der Waals surface area (Å²) in [5.41, 5.74) is 0. The molecule has 0 spiro atoms. The van der Waals surface area contributed by atoms with Gasteiger partial charge in [0.2, 0.25) is 0 Å². The van der Waals surface area contributed by atoms with E-state index in [1.54, 1.807) is 18.2 Å². The van der Waals surface area contributed by atoms with Gasteiger partial charge in [-0.3, -0.25) is 4.79 Å². The molecule has 0 saturated heterocycles. The molecular weight excluding hydrogens is 223 g/mol. The summed E-state index contributed by atoms with van der Waals surface area (Å²) in [6.45, 7) is 0. The third-order valence-electron chi connectivity index (χ3n) is 2.22. The van der Waals surface area contributed by atoms with Crippen LogP contribution in [-0.2, 0) is 11.2 Å². The van der Waals surface area contributed by atoms with Crippen molar-refractivity contribution in [3.8, 4) is 5.75 Å². The second-order valence-electron chi connectivity index (χ2n) is 3.48. The molecule has 0 radical (unpaired) electrons. The summed E-state index contributed by atoms with van der Waals surface area (Å²) in [5.74, 6) is -0.363. The molecule has 1 aromatic carbocycles. The van der Waals surface area contributed by atoms with Crippen molar-refractivity contribution in [1.29, 1.82) is 0 Å². The molecule has 0 atom stereocenters. The van der Waals surface area contributed by atoms with Crippen LogP contribution in [0.4, 0.5) is 4.39 Å². The van der Waals surface area contributed by atoms with Gasteiger partial charge in [-0.05, 0) is 24.3 Å². The van der Waals surface area contributed by atoms with E-state index in [1.165, 1.54) is 24.5 Å². The van der Waals surface area contributed by atoms with Crippen molar-refractivity contribution in [1.82, 2.24) is 0 Å². The Kier molecular flexibility index (Phi) is 3.55. The highest BCUT2D eigenvalue weighted by Gasteiger charge is 2.09. The van der Waals surface area contributed by atoms with Gasteiger partial charge in [-0.2, -0.15) is 0 Å². The summed E-state index contributed by atoms with van der Waals surface area (Å²) < 4.78 is 23.1. The molecule has 4 heteroatoms. The Hall–Kier alpha value is -2.10. The van der Waals surface area contributed by atoms with Gasteiger partial charge in [-0.1, -0.05) is 12.1 Å². The highest BCUT2D eigenvalue weighted by atomic mass is 19.1. The van der Waals surface area contributed by atoms with Crippen LogP contribution in [0.2, 0.25) is 0 Å². The van der Waals surface area contributed by atoms with Crippen LogP contribution in [0.5, 0.6) is 5.75 Å². The highest BCUT2D eigenvalue weighted by molar-refractivity contribution is 5.72. The molecule has 0 saturated carbocycles. The first-order valence-electron chi connectivity index (χ1n) is 5.23. The van der Waals surface area contributed by atoms with Crippen LogP contribution >= 0.6 is 0 Å². The van der Waals surface area contributed by atoms with Crippen molar-refractivity contribution < 1.29 is 18.3 Å². The first-order valence-corrected chi connectivity index (χ1v) is 5.23. The van der Waals surface area contributed by atoms with E-state index in [-0.39, 0.29) is 12.2 Å². The van der Waals surface area contributed by atoms with Gasteiger partial charge in [-0.15, -0.1) is 0 Å². The molecule has 3 nitrogen and oxygen atoms in total. The Morgan fingerprint density at radius 1 is 1.24 bits per heavy atom. The van der Waals surface area contributed by atoms with E-state index in [9.17, 15) is 9.18 Å². The van der Waals surface area contributed by atoms with Crippen LogP contribution in [0.25, 0.3) is 0 Å². The van der Waals surface area contributed by atoms with Crippen molar-refractivity contribution >= 4 is 5.97 Å². The minimum Gasteiger partial charge on any atom is -0.469 e. The largest absolute Gasteiger partial charge is 0.469 e. The highest BCUT2D eigenvalue weighted by Crippen LogP contribution is 2.16. The maximum atomic E-state index is 13.2. The molecule has 0 aliphatic heterocycles. The SMILES string of the molecule is O=C(CCc1ccco1)Oc1ccccc1F. The minimum absolute atomic E-state index is 0.0445. The fourth-order valence-corrected chi connectivity index (χ4v) is 1.38. The van der Waals surface area contributed by atoms with E-state index >= 15 is 0 Å². The quantitative estimate of drug-likeness (QED) is 0.603. The molecule has 17 heavy (non-hydrogen) atoms. The van der Waals surface area contributed by atoms with E-state index < -0.39 is 11.8 Å². The number of benzene rings is 1. The molecule has 1 aromatic heterocycles. The van der Waals surface area contributed by atoms with E-state index in [1.807, 2.05) is 0 Å². The molecular formula is C13H11FO3. The number of ether oxygens (including phenoxy) is 1. The Bertz CT molecular complexity index is 491. The number of aryl methyl sites for hydroxylation is 1. The maximum Gasteiger partial charge on any atom is 0.311 e. The van der Waals surface area contributed by atoms with E-state index in [0.717, 1.165) is 0 Å². The first-order chi connectivity index (χ1) is 8.25. The molecule has 0 bridgehead atoms. The molecule has 0 fully saturated rings. The van der Waals surface area contributed by atoms with Crippen molar-refractivity contribution in [2.24, 2.45) is 0 Å². The number of esters is 1. The lowest BCUT2D eigenvalue weighted by Gasteiger charge is -2.04. The van der Waals surface area contributed by atoms with Crippen molar-refractivity contribution in [2.75, 3.05) is 0 Å². The average Bonchev–Trinajstić information content (AvgIpc) is 2.82. The predicted octanol–water partition coefficient (Wildman–Crippen LogP) is 2.96. The van der Waals surface area contributed by atoms with Crippen molar-refractivity contribution in [3.63, 3.8) is 0 Å². The average molecular weight is 234 g/mol. The van der Waals surface area contributed by atoms with Gasteiger partial charge >= 0.3 is 5.97 Å². The Labute approximate surface area is 97.8 Å². The van der Waals surface area contributed by atoms with Crippen LogP contribution in [0.15, 0.2) is 47.1 Å². The van der Waals surface area contributed by atoms with Gasteiger partial charge in [0.25, 0.3) is 0 Å². The Morgan fingerprint density at radius 2 is 2.06 bits per heavy atom. The molecule has 0 amide bonds. The van der Waals surface area contributed by atoms with Gasteiger partial charge in [0.15, 0.2) is 11.6 Å². The lowest BCUT2D eigenvalue weighted by atomic mass is 10.2. The van der Waals surface area contributed by atoms with E-state index in [0.29, 0.717) is 12.2 Å². The first kappa shape index (κ1) is 11.4. The third kappa shape index (κ3) is 3.17. The van der Waals surface area contributed by atoms with E-state index in [4.69, 9.17) is 9.15 Å². The Balaban J connectivity index is 1.87. The Morgan fingerprint density at radius 3 is 2.76 bits per heavy atom. The third-order valence-corrected chi connectivity index (χ3v) is 2.22. The molecule has 0 N–H and O–H groups in total. The number of hydrogen-bond donors (Lipinski definition) is 0. The minimum atomic E-state index is -0.543. The topological polar surface area (TPSA) is 39.4 Å². The summed E-state index contributed by atoms with van der Waals surface area (Å²) >= 11 is 0. The monoisotopic (exact) mass is 234 g/mol. The fraction of sp³-hybridized carbons (Fsp3) is 0.154. The predicted molar refractivity (Wildman–Crippen MR) is 59.1 cm³/mol. The summed E-state index contributed by atoms with van der Waals surface area (Å²) in [6.07, 6.45) is 2.14. The van der Waals surface area contributed by atoms with Gasteiger partial charge in [-0.25, -0.2) is 4.39 Å². The number of furan rings is 1. The number of carbonyl (C=O) groups excluding carboxylic acids is 1. The summed E-state index contributed by atoms with van der Waals surface area (Å²) in [7, 11) is 0. The molecule has 2 aromatic rings. The lowest BCUT2D eigenvalue weighted by Crippen LogP contribution is -2.09. The van der Waals surface area contributed by atoms with Crippen molar-refractivity contribution in [3.05, 3.63) is 54.2 Å². The normalized spacial score (nSPS) is 10.2.